The number of aryl methyl sites for hydroxylation is 1. The van der Waals surface area contributed by atoms with Crippen molar-refractivity contribution in [2.75, 3.05) is 6.54 Å². The summed E-state index contributed by atoms with van der Waals surface area (Å²) in [4.78, 5) is 11.8. The summed E-state index contributed by atoms with van der Waals surface area (Å²) in [5, 5.41) is 0. The number of Topliss-reactive ketones (excluding diaryl/α,β-unsaturated/α-hetero) is 1. The fraction of sp³-hybridized carbons (Fsp3) is 0.500. The Kier molecular flexibility index (Phi) is 6.51. The molecule has 1 aromatic carbocycles. The second kappa shape index (κ2) is 7.98. The summed E-state index contributed by atoms with van der Waals surface area (Å²) in [5.41, 5.74) is 8.98. The van der Waals surface area contributed by atoms with Crippen LogP contribution in [-0.4, -0.2) is 18.4 Å². The molecular weight excluding hydrogens is 212 g/mol. The maximum atomic E-state index is 11.8. The smallest absolute Gasteiger partial charge is 0.190 e. The quantitative estimate of drug-likeness (QED) is 0.622. The van der Waals surface area contributed by atoms with Crippen LogP contribution in [0.15, 0.2) is 30.3 Å². The fourth-order valence-corrected chi connectivity index (χ4v) is 1.84. The van der Waals surface area contributed by atoms with Gasteiger partial charge < -0.3 is 11.5 Å². The molecule has 0 saturated heterocycles. The van der Waals surface area contributed by atoms with Gasteiger partial charge in [-0.1, -0.05) is 30.3 Å². The van der Waals surface area contributed by atoms with Crippen molar-refractivity contribution in [1.82, 2.24) is 0 Å². The molecule has 1 atom stereocenters. The van der Waals surface area contributed by atoms with E-state index in [0.717, 1.165) is 32.2 Å². The normalized spacial score (nSPS) is 12.4. The van der Waals surface area contributed by atoms with Crippen molar-refractivity contribution in [3.05, 3.63) is 35.9 Å². The van der Waals surface area contributed by atoms with Crippen LogP contribution in [-0.2, 0) is 11.2 Å². The number of ketones is 1. The van der Waals surface area contributed by atoms with Gasteiger partial charge in [0, 0.05) is 12.8 Å². The lowest BCUT2D eigenvalue weighted by Gasteiger charge is -2.06. The summed E-state index contributed by atoms with van der Waals surface area (Å²) in [5.74, 6) is 0.290. The third-order valence-electron chi connectivity index (χ3n) is 3.01. The number of hydrogen-bond donors (Lipinski definition) is 2. The number of hydrogen-bond acceptors (Lipinski definition) is 1. The highest BCUT2D eigenvalue weighted by atomic mass is 16.1. The minimum Gasteiger partial charge on any atom is -0.358 e. The van der Waals surface area contributed by atoms with Crippen molar-refractivity contribution in [3.63, 3.8) is 0 Å². The molecule has 0 amide bonds. The Bertz CT molecular complexity index is 324. The van der Waals surface area contributed by atoms with E-state index in [1.807, 2.05) is 18.2 Å². The Morgan fingerprint density at radius 2 is 1.88 bits per heavy atom. The molecule has 0 aliphatic heterocycles. The van der Waals surface area contributed by atoms with E-state index >= 15 is 0 Å². The summed E-state index contributed by atoms with van der Waals surface area (Å²) in [7, 11) is 0. The molecule has 0 bridgehead atoms. The van der Waals surface area contributed by atoms with Crippen LogP contribution in [0, 0.1) is 0 Å². The van der Waals surface area contributed by atoms with Crippen LogP contribution in [0.1, 0.15) is 31.2 Å². The van der Waals surface area contributed by atoms with E-state index in [1.165, 1.54) is 5.56 Å². The molecule has 0 spiro atoms. The molecule has 3 heteroatoms. The van der Waals surface area contributed by atoms with Gasteiger partial charge in [-0.2, -0.15) is 0 Å². The molecule has 0 radical (unpaired) electrons. The van der Waals surface area contributed by atoms with Crippen molar-refractivity contribution in [2.24, 2.45) is 0 Å². The zero-order chi connectivity index (χ0) is 12.5. The Labute approximate surface area is 103 Å². The molecule has 0 saturated carbocycles. The second-order valence-electron chi connectivity index (χ2n) is 4.50. The molecule has 17 heavy (non-hydrogen) atoms. The van der Waals surface area contributed by atoms with E-state index in [1.54, 1.807) is 0 Å². The summed E-state index contributed by atoms with van der Waals surface area (Å²) in [6.07, 6.45) is 4.51. The van der Waals surface area contributed by atoms with Gasteiger partial charge in [-0.05, 0) is 24.8 Å². The Balaban J connectivity index is 2.24. The molecule has 0 aliphatic carbocycles. The average Bonchev–Trinajstić information content (AvgIpc) is 2.37. The van der Waals surface area contributed by atoms with Crippen LogP contribution in [0.25, 0.3) is 0 Å². The van der Waals surface area contributed by atoms with Gasteiger partial charge in [0.2, 0.25) is 0 Å². The van der Waals surface area contributed by atoms with Gasteiger partial charge >= 0.3 is 0 Å². The topological polar surface area (TPSA) is 72.3 Å². The zero-order valence-corrected chi connectivity index (χ0v) is 10.5. The lowest BCUT2D eigenvalue weighted by molar-refractivity contribution is -0.405. The van der Waals surface area contributed by atoms with Crippen molar-refractivity contribution >= 4 is 5.78 Å². The van der Waals surface area contributed by atoms with Gasteiger partial charge in [-0.15, -0.1) is 0 Å². The first-order valence-corrected chi connectivity index (χ1v) is 6.43. The molecule has 0 aromatic heterocycles. The maximum Gasteiger partial charge on any atom is 0.190 e. The van der Waals surface area contributed by atoms with Gasteiger partial charge in [0.05, 0.1) is 6.54 Å². The Morgan fingerprint density at radius 3 is 2.53 bits per heavy atom. The van der Waals surface area contributed by atoms with E-state index in [0.29, 0.717) is 6.42 Å². The number of carbonyl (C=O) groups is 1. The van der Waals surface area contributed by atoms with E-state index in [2.05, 4.69) is 23.6 Å². The summed E-state index contributed by atoms with van der Waals surface area (Å²) < 4.78 is 0. The van der Waals surface area contributed by atoms with Crippen molar-refractivity contribution < 1.29 is 16.3 Å². The molecule has 94 valence electrons. The van der Waals surface area contributed by atoms with Crippen LogP contribution in [0.5, 0.6) is 0 Å². The molecule has 0 aliphatic rings. The van der Waals surface area contributed by atoms with Crippen LogP contribution >= 0.6 is 0 Å². The van der Waals surface area contributed by atoms with Crippen LogP contribution in [0.2, 0.25) is 0 Å². The standard InChI is InChI=1S/C14H22N2O/c15-11-5-4-8-13(16)14(17)10-9-12-6-2-1-3-7-12/h1-3,6-7,13H,4-5,8-11,15-16H2/p+2. The molecule has 3 nitrogen and oxygen atoms in total. The van der Waals surface area contributed by atoms with E-state index in [9.17, 15) is 4.79 Å². The number of rotatable bonds is 8. The Hall–Kier alpha value is -1.19. The molecule has 1 unspecified atom stereocenters. The predicted octanol–water partition coefficient (Wildman–Crippen LogP) is 0.211. The molecule has 1 aromatic rings. The predicted molar refractivity (Wildman–Crippen MR) is 68.1 cm³/mol. The highest BCUT2D eigenvalue weighted by Gasteiger charge is 2.16. The third-order valence-corrected chi connectivity index (χ3v) is 3.01. The van der Waals surface area contributed by atoms with Crippen LogP contribution in [0.4, 0.5) is 0 Å². The minimum atomic E-state index is -0.0368. The van der Waals surface area contributed by atoms with Crippen molar-refractivity contribution in [3.8, 4) is 0 Å². The highest BCUT2D eigenvalue weighted by Crippen LogP contribution is 2.05. The van der Waals surface area contributed by atoms with Crippen molar-refractivity contribution in [2.45, 2.75) is 38.1 Å². The molecule has 0 heterocycles. The molecule has 6 N–H and O–H groups in total. The van der Waals surface area contributed by atoms with Crippen molar-refractivity contribution in [1.29, 1.82) is 0 Å². The van der Waals surface area contributed by atoms with E-state index in [-0.39, 0.29) is 11.8 Å². The summed E-state index contributed by atoms with van der Waals surface area (Å²) in [6, 6.07) is 10.1. The molecule has 1 rings (SSSR count). The van der Waals surface area contributed by atoms with Gasteiger partial charge in [-0.25, -0.2) is 0 Å². The zero-order valence-electron chi connectivity index (χ0n) is 10.5. The van der Waals surface area contributed by atoms with E-state index < -0.39 is 0 Å². The number of carbonyl (C=O) groups excluding carboxylic acids is 1. The average molecular weight is 236 g/mol. The fourth-order valence-electron chi connectivity index (χ4n) is 1.84. The van der Waals surface area contributed by atoms with Gasteiger partial charge in [-0.3, -0.25) is 4.79 Å². The number of unbranched alkanes of at least 4 members (excludes halogenated alkanes) is 1. The number of quaternary nitrogens is 2. The number of benzene rings is 1. The van der Waals surface area contributed by atoms with Crippen LogP contribution < -0.4 is 11.5 Å². The Morgan fingerprint density at radius 1 is 1.18 bits per heavy atom. The molecular formula is C14H24N2O+2. The third kappa shape index (κ3) is 5.61. The minimum absolute atomic E-state index is 0.0368. The SMILES string of the molecule is [NH3+]CCCCC([NH3+])C(=O)CCc1ccccc1. The second-order valence-corrected chi connectivity index (χ2v) is 4.50. The maximum absolute atomic E-state index is 11.8. The molecule has 0 fully saturated rings. The summed E-state index contributed by atoms with van der Waals surface area (Å²) >= 11 is 0. The first kappa shape index (κ1) is 13.9. The van der Waals surface area contributed by atoms with Gasteiger partial charge in [0.25, 0.3) is 0 Å². The largest absolute Gasteiger partial charge is 0.358 e. The monoisotopic (exact) mass is 236 g/mol. The lowest BCUT2D eigenvalue weighted by Crippen LogP contribution is -2.64. The highest BCUT2D eigenvalue weighted by molar-refractivity contribution is 5.82. The summed E-state index contributed by atoms with van der Waals surface area (Å²) in [6.45, 7) is 0.949. The lowest BCUT2D eigenvalue weighted by atomic mass is 10.0. The van der Waals surface area contributed by atoms with Gasteiger partial charge in [0.1, 0.15) is 6.04 Å². The first-order valence-electron chi connectivity index (χ1n) is 6.43. The first-order chi connectivity index (χ1) is 8.24. The van der Waals surface area contributed by atoms with Crippen LogP contribution in [0.3, 0.4) is 0 Å². The van der Waals surface area contributed by atoms with Gasteiger partial charge in [0.15, 0.2) is 5.78 Å². The van der Waals surface area contributed by atoms with E-state index in [4.69, 9.17) is 0 Å².